The lowest BCUT2D eigenvalue weighted by Gasteiger charge is -2.11. The molecule has 22 aromatic rings. The summed E-state index contributed by atoms with van der Waals surface area (Å²) in [4.78, 5) is 38.3. The zero-order valence-corrected chi connectivity index (χ0v) is 72.7. The molecule has 0 bridgehead atoms. The monoisotopic (exact) mass is 1780 g/mol. The van der Waals surface area contributed by atoms with Crippen molar-refractivity contribution in [2.75, 3.05) is 6.79 Å². The molecule has 0 radical (unpaired) electrons. The van der Waals surface area contributed by atoms with Gasteiger partial charge >= 0.3 is 5.97 Å². The van der Waals surface area contributed by atoms with Crippen LogP contribution in [0.2, 0.25) is 0 Å². The molecule has 0 saturated heterocycles. The smallest absolute Gasteiger partial charge is 0.315 e. The zero-order chi connectivity index (χ0) is 92.3. The van der Waals surface area contributed by atoms with E-state index in [2.05, 4.69) is 138 Å². The van der Waals surface area contributed by atoms with Gasteiger partial charge in [-0.25, -0.2) is 22.0 Å². The Bertz CT molecular complexity index is 7960. The van der Waals surface area contributed by atoms with Gasteiger partial charge in [0.2, 0.25) is 6.79 Å². The minimum absolute atomic E-state index is 0.204. The molecule has 0 atom stereocenters. The predicted octanol–water partition coefficient (Wildman–Crippen LogP) is 26.8. The second-order valence-corrected chi connectivity index (χ2v) is 31.9. The number of fused-ring (bicyclic) bond motifs is 6. The van der Waals surface area contributed by atoms with E-state index in [9.17, 15) is 26.7 Å². The van der Waals surface area contributed by atoms with Gasteiger partial charge < -0.3 is 14.2 Å². The Kier molecular flexibility index (Phi) is 25.1. The standard InChI is InChI=1S/C20H14FNO2.C19H14FN3.C19H15N3.2C18H12FN3.C18H12FNO2/c1-12-9-15(6-7-17(12)21)20-16(3-2-8-22-20)13-4-5-14-11-19(23)24-18(14)10-13;1-12-9-14(6-7-17(12)20)19-16(3-2-8-21-19)13-4-5-15-11-22-23-18(15)10-13;1-13-4-2-5-15(10-13)19-17(6-3-9-20-19)14-7-8-16-12-21-22-18(16)11-14;19-15-4-1-3-13(9-15)18-16(5-2-8-20-18)12-6-7-14-11-21-22-17(14)10-12;19-15-7-5-12(6-8-15)18-16(2-1-9-20-18)13-3-4-14-11-21-22-17(14)10-13;19-15-6-2-1-4-14(15)18-13(5-3-9-20-18)12-7-8-16-17(10-12)22-11-21-16/h2-10H,11H2,1H3;2-11H,1H3,(H,22,23);2-12H,1H3,(H,21,22);2*1-11H,(H,21,22);1-10H,11H2. The van der Waals surface area contributed by atoms with Crippen molar-refractivity contribution in [3.63, 3.8) is 0 Å². The van der Waals surface area contributed by atoms with Gasteiger partial charge in [0.25, 0.3) is 0 Å². The van der Waals surface area contributed by atoms with Crippen LogP contribution >= 0.6 is 0 Å². The topological polar surface area (TPSA) is 237 Å². The van der Waals surface area contributed by atoms with Crippen molar-refractivity contribution in [2.24, 2.45) is 0 Å². The summed E-state index contributed by atoms with van der Waals surface area (Å²) in [5, 5.41) is 32.5. The van der Waals surface area contributed by atoms with E-state index in [1.165, 1.54) is 48.0 Å². The number of pyridine rings is 6. The molecule has 24 rings (SSSR count). The first-order chi connectivity index (χ1) is 66.1. The van der Waals surface area contributed by atoms with E-state index >= 15 is 0 Å². The molecule has 0 saturated carbocycles. The molecule has 2 aliphatic heterocycles. The van der Waals surface area contributed by atoms with Gasteiger partial charge in [-0.1, -0.05) is 151 Å². The summed E-state index contributed by atoms with van der Waals surface area (Å²) in [7, 11) is 0. The molecule has 2 aliphatic rings. The SMILES string of the molecule is Cc1cc(-c2ncccc2-c2ccc3c(c2)OC(=O)C3)ccc1F.Cc1cc(-c2ncccc2-c2ccc3cn[nH]c3c2)ccc1F.Cc1cccc(-c2ncccc2-c2ccc3cn[nH]c3c2)c1.Fc1ccc(-c2ncccc2-c2ccc3cn[nH]c3c2)cc1.Fc1cccc(-c2ncccc2-c2ccc3cn[nH]c3c2)c1.Fc1ccccc1-c1ncccc1-c1ccc2c(c1)OCO2. The number of halogens is 5. The molecule has 0 fully saturated rings. The Morgan fingerprint density at radius 3 is 1.06 bits per heavy atom. The zero-order valence-electron chi connectivity index (χ0n) is 72.7. The summed E-state index contributed by atoms with van der Waals surface area (Å²) < 4.78 is 83.8. The van der Waals surface area contributed by atoms with Crippen LogP contribution in [0.15, 0.2) is 377 Å². The second kappa shape index (κ2) is 39.2. The van der Waals surface area contributed by atoms with Crippen LogP contribution in [0.25, 0.3) is 178 Å². The molecular weight excluding hydrogens is 1700 g/mol. The molecule has 18 nitrogen and oxygen atoms in total. The van der Waals surface area contributed by atoms with Crippen molar-refractivity contribution in [1.82, 2.24) is 70.7 Å². The number of carbonyl (C=O) groups is 1. The first-order valence-corrected chi connectivity index (χ1v) is 43.2. The number of nitrogens with zero attached hydrogens (tertiary/aromatic N) is 10. The molecule has 23 heteroatoms. The first-order valence-electron chi connectivity index (χ1n) is 43.2. The van der Waals surface area contributed by atoms with E-state index in [4.69, 9.17) is 14.2 Å². The average molecular weight is 1780 g/mol. The van der Waals surface area contributed by atoms with Gasteiger partial charge in [0.1, 0.15) is 34.8 Å². The van der Waals surface area contributed by atoms with Gasteiger partial charge in [-0.2, -0.15) is 20.4 Å². The quantitative estimate of drug-likeness (QED) is 0.0506. The van der Waals surface area contributed by atoms with Crippen LogP contribution in [-0.2, 0) is 11.2 Å². The molecule has 12 heterocycles. The lowest BCUT2D eigenvalue weighted by Crippen LogP contribution is -2.00. The van der Waals surface area contributed by atoms with Gasteiger partial charge in [0, 0.05) is 131 Å². The Labute approximate surface area is 771 Å². The molecular formula is C112H79F5N14O4. The predicted molar refractivity (Wildman–Crippen MR) is 519 cm³/mol. The lowest BCUT2D eigenvalue weighted by molar-refractivity contribution is -0.131. The van der Waals surface area contributed by atoms with E-state index in [-0.39, 0.29) is 41.8 Å². The number of esters is 1. The molecule has 4 N–H and O–H groups in total. The van der Waals surface area contributed by atoms with E-state index in [0.717, 1.165) is 178 Å². The normalized spacial score (nSPS) is 11.5. The van der Waals surface area contributed by atoms with Crippen molar-refractivity contribution in [2.45, 2.75) is 27.2 Å². The number of rotatable bonds is 12. The largest absolute Gasteiger partial charge is 0.454 e. The highest BCUT2D eigenvalue weighted by Gasteiger charge is 2.24. The van der Waals surface area contributed by atoms with Crippen LogP contribution in [0.1, 0.15) is 22.3 Å². The number of aromatic amines is 4. The summed E-state index contributed by atoms with van der Waals surface area (Å²) in [6.07, 6.45) is 18.0. The van der Waals surface area contributed by atoms with Crippen LogP contribution in [0, 0.1) is 49.9 Å². The first kappa shape index (κ1) is 86.5. The molecule has 0 unspecified atom stereocenters. The highest BCUT2D eigenvalue weighted by molar-refractivity contribution is 5.94. The van der Waals surface area contributed by atoms with Crippen molar-refractivity contribution in [3.8, 4) is 152 Å². The Hall–Kier alpha value is -17.9. The van der Waals surface area contributed by atoms with E-state index in [1.807, 2.05) is 170 Å². The summed E-state index contributed by atoms with van der Waals surface area (Å²) in [5.41, 5.74) is 29.1. The van der Waals surface area contributed by atoms with Gasteiger partial charge in [-0.05, 0) is 235 Å². The van der Waals surface area contributed by atoms with Gasteiger partial charge in [0.15, 0.2) is 11.5 Å². The number of aromatic nitrogens is 14. The maximum absolute atomic E-state index is 14.1. The molecule has 12 aromatic carbocycles. The number of H-pyrrole nitrogens is 4. The highest BCUT2D eigenvalue weighted by atomic mass is 19.1. The van der Waals surface area contributed by atoms with Crippen molar-refractivity contribution in [1.29, 1.82) is 0 Å². The fraction of sp³-hybridized carbons (Fsp3) is 0.0446. The third kappa shape index (κ3) is 19.4. The number of ether oxygens (including phenoxy) is 3. The van der Waals surface area contributed by atoms with Crippen LogP contribution in [-0.4, -0.2) is 83.5 Å². The minimum Gasteiger partial charge on any atom is -0.454 e. The molecule has 656 valence electrons. The van der Waals surface area contributed by atoms with E-state index < -0.39 is 0 Å². The molecule has 0 spiro atoms. The Morgan fingerprint density at radius 1 is 0.267 bits per heavy atom. The number of benzene rings is 12. The minimum atomic E-state index is -0.289. The van der Waals surface area contributed by atoms with E-state index in [1.54, 1.807) is 118 Å². The summed E-state index contributed by atoms with van der Waals surface area (Å²) in [5.74, 6) is 0.540. The van der Waals surface area contributed by atoms with Crippen molar-refractivity contribution >= 4 is 49.6 Å². The van der Waals surface area contributed by atoms with E-state index in [0.29, 0.717) is 40.3 Å². The number of aryl methyl sites for hydroxylation is 3. The maximum atomic E-state index is 14.1. The number of nitrogens with one attached hydrogen (secondary N) is 4. The molecule has 10 aromatic heterocycles. The van der Waals surface area contributed by atoms with Gasteiger partial charge in [0.05, 0.1) is 87.4 Å². The summed E-state index contributed by atoms with van der Waals surface area (Å²) >= 11 is 0. The van der Waals surface area contributed by atoms with Crippen LogP contribution in [0.5, 0.6) is 17.2 Å². The Balaban J connectivity index is 0.000000104. The fourth-order valence-corrected chi connectivity index (χ4v) is 16.2. The van der Waals surface area contributed by atoms with Crippen LogP contribution < -0.4 is 14.2 Å². The molecule has 135 heavy (non-hydrogen) atoms. The van der Waals surface area contributed by atoms with Gasteiger partial charge in [-0.15, -0.1) is 0 Å². The molecule has 0 aliphatic carbocycles. The average Bonchev–Trinajstić information content (AvgIpc) is 1.79. The third-order valence-electron chi connectivity index (χ3n) is 23.0. The van der Waals surface area contributed by atoms with Crippen molar-refractivity contribution in [3.05, 3.63) is 429 Å². The van der Waals surface area contributed by atoms with Gasteiger partial charge in [-0.3, -0.25) is 55.1 Å². The maximum Gasteiger partial charge on any atom is 0.315 e. The highest BCUT2D eigenvalue weighted by Crippen LogP contribution is 2.43. The van der Waals surface area contributed by atoms with Crippen LogP contribution in [0.3, 0.4) is 0 Å². The van der Waals surface area contributed by atoms with Crippen molar-refractivity contribution < 1.29 is 41.0 Å². The number of hydrogen-bond acceptors (Lipinski definition) is 14. The third-order valence-corrected chi connectivity index (χ3v) is 23.0. The Morgan fingerprint density at radius 2 is 0.622 bits per heavy atom. The fourth-order valence-electron chi connectivity index (χ4n) is 16.2. The second-order valence-electron chi connectivity index (χ2n) is 31.9. The molecule has 0 amide bonds. The number of hydrogen-bond donors (Lipinski definition) is 4. The summed E-state index contributed by atoms with van der Waals surface area (Å²) in [6.45, 7) is 5.82. The number of carbonyl (C=O) groups excluding carboxylic acids is 1. The summed E-state index contributed by atoms with van der Waals surface area (Å²) in [6, 6.07) is 97.4. The van der Waals surface area contributed by atoms with Crippen LogP contribution in [0.4, 0.5) is 22.0 Å². The lowest BCUT2D eigenvalue weighted by atomic mass is 9.97.